The van der Waals surface area contributed by atoms with Gasteiger partial charge in [0.2, 0.25) is 0 Å². The Bertz CT molecular complexity index is 3690. The maximum absolute atomic E-state index is 7.10. The molecular weight excluding hydrogens is 733 g/mol. The minimum absolute atomic E-state index is 0.110. The molecule has 278 valence electrons. The van der Waals surface area contributed by atoms with Crippen LogP contribution in [0.1, 0.15) is 0 Å². The van der Waals surface area contributed by atoms with Crippen LogP contribution in [0, 0.1) is 0 Å². The minimum Gasteiger partial charge on any atom is -0.458 e. The van der Waals surface area contributed by atoms with Gasteiger partial charge in [0.1, 0.15) is 23.0 Å². The molecule has 0 radical (unpaired) electrons. The summed E-state index contributed by atoms with van der Waals surface area (Å²) in [6, 6.07) is 69.8. The lowest BCUT2D eigenvalue weighted by Gasteiger charge is -2.34. The SMILES string of the molecule is c1ccc2c(c1)Oc1cc(-n3c4ccccc4c4cc(-n5c6ccccc6c6ccccc65)ccc43)cc3c1B2c1c(cccc1-n1c2ccccc2c2ccccc21)O3. The number of rotatable bonds is 3. The lowest BCUT2D eigenvalue weighted by atomic mass is 9.34. The maximum Gasteiger partial charge on any atom is 0.263 e. The largest absolute Gasteiger partial charge is 0.458 e. The Morgan fingerprint density at radius 1 is 0.300 bits per heavy atom. The number of para-hydroxylation sites is 6. The zero-order valence-corrected chi connectivity index (χ0v) is 32.2. The molecule has 0 amide bonds. The predicted molar refractivity (Wildman–Crippen MR) is 247 cm³/mol. The van der Waals surface area contributed by atoms with E-state index in [0.29, 0.717) is 0 Å². The fourth-order valence-corrected chi connectivity index (χ4v) is 10.5. The van der Waals surface area contributed by atoms with Crippen LogP contribution in [-0.4, -0.2) is 20.4 Å². The van der Waals surface area contributed by atoms with Crippen molar-refractivity contribution in [3.8, 4) is 40.1 Å². The zero-order valence-electron chi connectivity index (χ0n) is 32.2. The van der Waals surface area contributed by atoms with Crippen LogP contribution in [0.4, 0.5) is 0 Å². The van der Waals surface area contributed by atoms with Gasteiger partial charge in [0.05, 0.1) is 38.8 Å². The number of hydrogen-bond donors (Lipinski definition) is 0. The van der Waals surface area contributed by atoms with Crippen molar-refractivity contribution in [3.05, 3.63) is 194 Å². The molecule has 3 aromatic heterocycles. The summed E-state index contributed by atoms with van der Waals surface area (Å²) < 4.78 is 21.2. The first-order valence-corrected chi connectivity index (χ1v) is 20.5. The summed E-state index contributed by atoms with van der Waals surface area (Å²) in [6.07, 6.45) is 0. The van der Waals surface area contributed by atoms with E-state index in [0.717, 1.165) is 67.5 Å². The van der Waals surface area contributed by atoms with E-state index in [1.807, 2.05) is 0 Å². The highest BCUT2D eigenvalue weighted by molar-refractivity contribution is 6.99. The van der Waals surface area contributed by atoms with Crippen molar-refractivity contribution >= 4 is 88.5 Å². The third-order valence-electron chi connectivity index (χ3n) is 13.0. The third-order valence-corrected chi connectivity index (χ3v) is 13.0. The molecule has 0 fully saturated rings. The number of ether oxygens (including phenoxy) is 2. The van der Waals surface area contributed by atoms with Gasteiger partial charge >= 0.3 is 0 Å². The minimum atomic E-state index is -0.110. The summed E-state index contributed by atoms with van der Waals surface area (Å²) in [7, 11) is 0. The Morgan fingerprint density at radius 3 is 1.35 bits per heavy atom. The molecule has 0 N–H and O–H groups in total. The molecule has 60 heavy (non-hydrogen) atoms. The highest BCUT2D eigenvalue weighted by atomic mass is 16.5. The molecule has 2 aliphatic heterocycles. The van der Waals surface area contributed by atoms with Crippen molar-refractivity contribution in [1.82, 2.24) is 13.7 Å². The van der Waals surface area contributed by atoms with Crippen molar-refractivity contribution in [2.75, 3.05) is 0 Å². The number of hydrogen-bond acceptors (Lipinski definition) is 2. The summed E-state index contributed by atoms with van der Waals surface area (Å²) in [5.41, 5.74) is 13.5. The number of nitrogens with zero attached hydrogens (tertiary/aromatic N) is 3. The summed E-state index contributed by atoms with van der Waals surface area (Å²) in [6.45, 7) is -0.110. The van der Waals surface area contributed by atoms with Gasteiger partial charge in [-0.1, -0.05) is 115 Å². The van der Waals surface area contributed by atoms with Crippen molar-refractivity contribution in [2.24, 2.45) is 0 Å². The topological polar surface area (TPSA) is 33.2 Å². The van der Waals surface area contributed by atoms with Crippen LogP contribution in [-0.2, 0) is 0 Å². The smallest absolute Gasteiger partial charge is 0.263 e. The van der Waals surface area contributed by atoms with E-state index in [9.17, 15) is 0 Å². The molecule has 0 spiro atoms. The Morgan fingerprint density at radius 2 is 0.750 bits per heavy atom. The van der Waals surface area contributed by atoms with E-state index in [-0.39, 0.29) is 6.71 Å². The molecule has 0 aliphatic carbocycles. The Balaban J connectivity index is 0.993. The highest BCUT2D eigenvalue weighted by Gasteiger charge is 2.42. The van der Waals surface area contributed by atoms with Crippen molar-refractivity contribution < 1.29 is 9.47 Å². The fourth-order valence-electron chi connectivity index (χ4n) is 10.5. The standard InChI is InChI=1S/C54H32BN3O2/c1-7-20-42-35(14-1)36-15-2-8-21-43(36)56(42)33-28-29-47-40(30-33)39-18-5-9-22-44(39)57(47)34-31-51-54-52(32-34)60-50-27-13-25-48(53(50)55(54)41-19-6-12-26-49(41)59-51)58-45-23-10-3-16-37(45)38-17-4-11-24-46(38)58/h1-32H. The van der Waals surface area contributed by atoms with Gasteiger partial charge in [-0.3, -0.25) is 0 Å². The first-order valence-electron chi connectivity index (χ1n) is 20.5. The van der Waals surface area contributed by atoms with Crippen LogP contribution in [0.25, 0.3) is 82.5 Å². The van der Waals surface area contributed by atoms with Gasteiger partial charge in [-0.05, 0) is 77.7 Å². The van der Waals surface area contributed by atoms with Crippen LogP contribution >= 0.6 is 0 Å². The normalized spacial score (nSPS) is 12.9. The van der Waals surface area contributed by atoms with E-state index in [1.165, 1.54) is 54.4 Å². The van der Waals surface area contributed by atoms with Gasteiger partial charge in [0.15, 0.2) is 0 Å². The fraction of sp³-hybridized carbons (Fsp3) is 0. The monoisotopic (exact) mass is 765 g/mol. The van der Waals surface area contributed by atoms with Gasteiger partial charge in [0, 0.05) is 61.3 Å². The van der Waals surface area contributed by atoms with Crippen LogP contribution < -0.4 is 25.9 Å². The van der Waals surface area contributed by atoms with Gasteiger partial charge in [-0.25, -0.2) is 0 Å². The Kier molecular flexibility index (Phi) is 6.31. The second-order valence-corrected chi connectivity index (χ2v) is 16.0. The van der Waals surface area contributed by atoms with E-state index in [4.69, 9.17) is 9.47 Å². The van der Waals surface area contributed by atoms with E-state index in [2.05, 4.69) is 208 Å². The molecule has 14 rings (SSSR count). The molecule has 9 aromatic carbocycles. The van der Waals surface area contributed by atoms with Gasteiger partial charge in [-0.15, -0.1) is 0 Å². The van der Waals surface area contributed by atoms with Crippen LogP contribution in [0.15, 0.2) is 194 Å². The predicted octanol–water partition coefficient (Wildman–Crippen LogP) is 11.7. The molecule has 0 saturated carbocycles. The molecule has 5 nitrogen and oxygen atoms in total. The molecular formula is C54H32BN3O2. The number of fused-ring (bicyclic) bond motifs is 13. The summed E-state index contributed by atoms with van der Waals surface area (Å²) >= 11 is 0. The van der Waals surface area contributed by atoms with Crippen LogP contribution in [0.5, 0.6) is 23.0 Å². The average Bonchev–Trinajstić information content (AvgIpc) is 3.94. The van der Waals surface area contributed by atoms with Crippen LogP contribution in [0.2, 0.25) is 0 Å². The summed E-state index contributed by atoms with van der Waals surface area (Å²) in [5, 5.41) is 7.34. The molecule has 12 aromatic rings. The molecule has 2 aliphatic rings. The van der Waals surface area contributed by atoms with E-state index in [1.54, 1.807) is 0 Å². The first kappa shape index (κ1) is 32.1. The summed E-state index contributed by atoms with van der Waals surface area (Å²) in [5.74, 6) is 3.33. The molecule has 0 unspecified atom stereocenters. The van der Waals surface area contributed by atoms with Crippen molar-refractivity contribution in [3.63, 3.8) is 0 Å². The third kappa shape index (κ3) is 4.21. The molecule has 6 heteroatoms. The van der Waals surface area contributed by atoms with E-state index < -0.39 is 0 Å². The van der Waals surface area contributed by atoms with Gasteiger partial charge in [0.25, 0.3) is 6.71 Å². The maximum atomic E-state index is 7.10. The molecule has 0 atom stereocenters. The Labute approximate surface area is 344 Å². The molecule has 5 heterocycles. The van der Waals surface area contributed by atoms with Crippen molar-refractivity contribution in [2.45, 2.75) is 0 Å². The van der Waals surface area contributed by atoms with Gasteiger partial charge in [-0.2, -0.15) is 0 Å². The quantitative estimate of drug-likeness (QED) is 0.168. The second kappa shape index (κ2) is 11.8. The zero-order chi connectivity index (χ0) is 39.1. The number of benzene rings is 9. The Hall–Kier alpha value is -7.96. The number of aromatic nitrogens is 3. The molecule has 0 saturated heterocycles. The van der Waals surface area contributed by atoms with Crippen LogP contribution in [0.3, 0.4) is 0 Å². The van der Waals surface area contributed by atoms with E-state index >= 15 is 0 Å². The first-order chi connectivity index (χ1) is 29.8. The second-order valence-electron chi connectivity index (χ2n) is 16.0. The highest BCUT2D eigenvalue weighted by Crippen LogP contribution is 2.42. The summed E-state index contributed by atoms with van der Waals surface area (Å²) in [4.78, 5) is 0. The molecule has 0 bridgehead atoms. The van der Waals surface area contributed by atoms with Crippen molar-refractivity contribution in [1.29, 1.82) is 0 Å². The average molecular weight is 766 g/mol. The lowest BCUT2D eigenvalue weighted by Crippen LogP contribution is -2.58. The lowest BCUT2D eigenvalue weighted by molar-refractivity contribution is 0.464. The van der Waals surface area contributed by atoms with Gasteiger partial charge < -0.3 is 23.2 Å².